The first-order valence-corrected chi connectivity index (χ1v) is 8.88. The van der Waals surface area contributed by atoms with Crippen LogP contribution >= 0.6 is 11.8 Å². The van der Waals surface area contributed by atoms with Gasteiger partial charge in [-0.05, 0) is 40.7 Å². The van der Waals surface area contributed by atoms with Crippen LogP contribution in [0.1, 0.15) is 21.7 Å². The Labute approximate surface area is 158 Å². The number of carbonyl (C=O) groups excluding carboxylic acids is 3. The van der Waals surface area contributed by atoms with E-state index >= 15 is 0 Å². The van der Waals surface area contributed by atoms with Crippen molar-refractivity contribution >= 4 is 45.7 Å². The molecule has 1 saturated heterocycles. The summed E-state index contributed by atoms with van der Waals surface area (Å²) in [6.45, 7) is -0.262. The van der Waals surface area contributed by atoms with E-state index in [1.54, 1.807) is 24.3 Å². The van der Waals surface area contributed by atoms with Crippen LogP contribution in [0.25, 0.3) is 16.8 Å². The molecule has 0 spiro atoms. The topological polar surface area (TPSA) is 87.8 Å². The smallest absolute Gasteiger partial charge is 0.300 e. The molecule has 0 aliphatic carbocycles. The molecule has 0 unspecified atom stereocenters. The highest BCUT2D eigenvalue weighted by Crippen LogP contribution is 2.34. The molecule has 1 N–H and O–H groups in total. The van der Waals surface area contributed by atoms with Crippen LogP contribution in [0.3, 0.4) is 0 Å². The van der Waals surface area contributed by atoms with E-state index in [1.165, 1.54) is 12.3 Å². The molecule has 1 fully saturated rings. The average molecular weight is 379 g/mol. The molecule has 0 radical (unpaired) electrons. The normalized spacial score (nSPS) is 15.9. The van der Waals surface area contributed by atoms with Crippen LogP contribution in [0, 0.1) is 0 Å². The molecule has 2 heterocycles. The second-order valence-corrected chi connectivity index (χ2v) is 6.85. The molecular weight excluding hydrogens is 366 g/mol. The summed E-state index contributed by atoms with van der Waals surface area (Å²) >= 11 is 0.662. The van der Waals surface area contributed by atoms with Crippen molar-refractivity contribution in [2.45, 2.75) is 6.61 Å². The zero-order valence-corrected chi connectivity index (χ0v) is 14.7. The Balaban J connectivity index is 1.66. The quantitative estimate of drug-likeness (QED) is 0.550. The lowest BCUT2D eigenvalue weighted by Crippen LogP contribution is -2.34. The third-order valence-corrected chi connectivity index (χ3v) is 5.08. The van der Waals surface area contributed by atoms with Gasteiger partial charge in [-0.3, -0.25) is 14.4 Å². The molecule has 6 nitrogen and oxygen atoms in total. The van der Waals surface area contributed by atoms with Gasteiger partial charge in [-0.15, -0.1) is 0 Å². The second kappa shape index (κ2) is 6.86. The molecule has 27 heavy (non-hydrogen) atoms. The maximum Gasteiger partial charge on any atom is 0.300 e. The molecule has 7 heteroatoms. The molecule has 3 amide bonds. The zero-order valence-electron chi connectivity index (χ0n) is 13.9. The van der Waals surface area contributed by atoms with Crippen molar-refractivity contribution in [1.82, 2.24) is 4.90 Å². The van der Waals surface area contributed by atoms with E-state index in [9.17, 15) is 19.5 Å². The minimum atomic E-state index is -0.705. The van der Waals surface area contributed by atoms with E-state index in [1.807, 2.05) is 24.3 Å². The third kappa shape index (κ3) is 3.07. The summed E-state index contributed by atoms with van der Waals surface area (Å²) in [5, 5.41) is 10.4. The summed E-state index contributed by atoms with van der Waals surface area (Å²) in [4.78, 5) is 38.4. The highest BCUT2D eigenvalue weighted by molar-refractivity contribution is 8.18. The molecular formula is C20H13NO5S. The Morgan fingerprint density at radius 3 is 2.67 bits per heavy atom. The van der Waals surface area contributed by atoms with Gasteiger partial charge in [0.1, 0.15) is 5.76 Å². The molecule has 0 saturated carbocycles. The number of imide groups is 3. The Morgan fingerprint density at radius 2 is 1.89 bits per heavy atom. The number of amides is 3. The van der Waals surface area contributed by atoms with Gasteiger partial charge in [0, 0.05) is 17.2 Å². The average Bonchev–Trinajstić information content (AvgIpc) is 3.24. The molecule has 4 rings (SSSR count). The van der Waals surface area contributed by atoms with Crippen molar-refractivity contribution in [1.29, 1.82) is 0 Å². The number of aliphatic hydroxyl groups excluding tert-OH is 1. The van der Waals surface area contributed by atoms with Gasteiger partial charge in [0.2, 0.25) is 0 Å². The van der Waals surface area contributed by atoms with Gasteiger partial charge in [0.15, 0.2) is 0 Å². The summed E-state index contributed by atoms with van der Waals surface area (Å²) in [6.07, 6.45) is 2.74. The number of hydrogen-bond donors (Lipinski definition) is 1. The Hall–Kier alpha value is -3.16. The van der Waals surface area contributed by atoms with Gasteiger partial charge < -0.3 is 9.52 Å². The lowest BCUT2D eigenvalue weighted by atomic mass is 10.1. The van der Waals surface area contributed by atoms with Gasteiger partial charge in [0.05, 0.1) is 17.8 Å². The fraction of sp³-hybridized carbons (Fsp3) is 0.0500. The predicted molar refractivity (Wildman–Crippen MR) is 101 cm³/mol. The van der Waals surface area contributed by atoms with Crippen molar-refractivity contribution in [2.75, 3.05) is 0 Å². The van der Waals surface area contributed by atoms with Crippen molar-refractivity contribution in [2.24, 2.45) is 0 Å². The highest BCUT2D eigenvalue weighted by atomic mass is 32.2. The van der Waals surface area contributed by atoms with Crippen molar-refractivity contribution < 1.29 is 23.9 Å². The van der Waals surface area contributed by atoms with Crippen molar-refractivity contribution in [3.05, 3.63) is 76.6 Å². The summed E-state index contributed by atoms with van der Waals surface area (Å²) < 4.78 is 5.21. The van der Waals surface area contributed by atoms with Crippen molar-refractivity contribution in [3.8, 4) is 0 Å². The zero-order chi connectivity index (χ0) is 19.0. The monoisotopic (exact) mass is 379 g/mol. The Morgan fingerprint density at radius 1 is 1.11 bits per heavy atom. The Bertz CT molecular complexity index is 1110. The van der Waals surface area contributed by atoms with Gasteiger partial charge in [-0.25, -0.2) is 4.90 Å². The number of fused-ring (bicyclic) bond motifs is 1. The summed E-state index contributed by atoms with van der Waals surface area (Å²) in [5.74, 6) is -1.10. The predicted octanol–water partition coefficient (Wildman–Crippen LogP) is 3.80. The molecule has 0 atom stereocenters. The summed E-state index contributed by atoms with van der Waals surface area (Å²) in [5.41, 5.74) is 0.744. The van der Waals surface area contributed by atoms with Gasteiger partial charge in [0.25, 0.3) is 11.8 Å². The lowest BCUT2D eigenvalue weighted by Gasteiger charge is -2.11. The first kappa shape index (κ1) is 17.3. The number of rotatable bonds is 3. The molecule has 2 aromatic carbocycles. The molecule has 1 aliphatic heterocycles. The van der Waals surface area contributed by atoms with E-state index in [4.69, 9.17) is 4.42 Å². The van der Waals surface area contributed by atoms with E-state index in [0.29, 0.717) is 22.2 Å². The van der Waals surface area contributed by atoms with E-state index in [0.717, 1.165) is 10.8 Å². The number of nitrogens with zero attached hydrogens (tertiary/aromatic N) is 1. The standard InChI is InChI=1S/C20H13NO5S/c22-11-15-7-8-26-16(15)10-17-19(24)21(20(25)27-17)18(23)14-6-5-12-3-1-2-4-13(12)9-14/h1-10,22H,11H2/b17-10-. The highest BCUT2D eigenvalue weighted by Gasteiger charge is 2.40. The molecule has 134 valence electrons. The number of thioether (sulfide) groups is 1. The first-order valence-electron chi connectivity index (χ1n) is 8.07. The number of benzene rings is 2. The van der Waals surface area contributed by atoms with Gasteiger partial charge >= 0.3 is 5.24 Å². The molecule has 1 aromatic heterocycles. The van der Waals surface area contributed by atoms with Crippen LogP contribution in [0.15, 0.2) is 64.1 Å². The van der Waals surface area contributed by atoms with E-state index in [-0.39, 0.29) is 22.8 Å². The first-order chi connectivity index (χ1) is 13.1. The van der Waals surface area contributed by atoms with Gasteiger partial charge in [-0.2, -0.15) is 0 Å². The summed E-state index contributed by atoms with van der Waals surface area (Å²) in [7, 11) is 0. The van der Waals surface area contributed by atoms with E-state index < -0.39 is 17.1 Å². The van der Waals surface area contributed by atoms with Crippen LogP contribution in [0.5, 0.6) is 0 Å². The maximum atomic E-state index is 12.8. The van der Waals surface area contributed by atoms with Gasteiger partial charge in [-0.1, -0.05) is 30.3 Å². The number of hydrogen-bond acceptors (Lipinski definition) is 6. The fourth-order valence-electron chi connectivity index (χ4n) is 2.82. The minimum absolute atomic E-state index is 0.0683. The summed E-state index contributed by atoms with van der Waals surface area (Å²) in [6, 6.07) is 14.1. The molecule has 0 bridgehead atoms. The van der Waals surface area contributed by atoms with Crippen molar-refractivity contribution in [3.63, 3.8) is 0 Å². The third-order valence-electron chi connectivity index (χ3n) is 4.21. The fourth-order valence-corrected chi connectivity index (χ4v) is 3.61. The number of aliphatic hydroxyl groups is 1. The Kier molecular flexibility index (Phi) is 4.39. The number of furan rings is 1. The minimum Gasteiger partial charge on any atom is -0.465 e. The largest absolute Gasteiger partial charge is 0.465 e. The maximum absolute atomic E-state index is 12.8. The molecule has 3 aromatic rings. The number of carbonyl (C=O) groups is 3. The van der Waals surface area contributed by atoms with Crippen LogP contribution in [0.2, 0.25) is 0 Å². The van der Waals surface area contributed by atoms with Crippen LogP contribution in [-0.4, -0.2) is 27.1 Å². The van der Waals surface area contributed by atoms with Crippen LogP contribution in [-0.2, 0) is 11.4 Å². The second-order valence-electron chi connectivity index (χ2n) is 5.85. The lowest BCUT2D eigenvalue weighted by molar-refractivity contribution is -0.120. The van der Waals surface area contributed by atoms with Crippen LogP contribution in [0.4, 0.5) is 4.79 Å². The van der Waals surface area contributed by atoms with Crippen LogP contribution < -0.4 is 0 Å². The molecule has 1 aliphatic rings. The van der Waals surface area contributed by atoms with E-state index in [2.05, 4.69) is 0 Å². The SMILES string of the molecule is O=C1S/C(=C\c2occc2CO)C(=O)N1C(=O)c1ccc2ccccc2c1.